The zero-order chi connectivity index (χ0) is 10.1. The van der Waals surface area contributed by atoms with Gasteiger partial charge in [0, 0.05) is 12.8 Å². The molecule has 0 spiro atoms. The normalized spacial score (nSPS) is 14.8. The Labute approximate surface area is 81.6 Å². The predicted octanol–water partition coefficient (Wildman–Crippen LogP) is 3.55. The summed E-state index contributed by atoms with van der Waals surface area (Å²) in [5, 5.41) is 0. The lowest BCUT2D eigenvalue weighted by molar-refractivity contribution is 1.24. The van der Waals surface area contributed by atoms with Crippen molar-refractivity contribution in [3.63, 3.8) is 0 Å². The van der Waals surface area contributed by atoms with E-state index in [0.29, 0.717) is 0 Å². The predicted molar refractivity (Wildman–Crippen MR) is 61.4 cm³/mol. The minimum Gasteiger partial charge on any atom is -0.292 e. The van der Waals surface area contributed by atoms with Gasteiger partial charge >= 0.3 is 0 Å². The van der Waals surface area contributed by atoms with E-state index in [4.69, 9.17) is 0 Å². The standard InChI is InChI=1S/C12H19N/c1-5-8-9-10-11(6-2)12(7-3)13-4/h5-6,8-10H,7H2,1-4H3/b8-5-,10-9-,11-6+,13-12+. The second-order valence-corrected chi connectivity index (χ2v) is 2.65. The molecule has 0 aliphatic carbocycles. The third-order valence-electron chi connectivity index (χ3n) is 1.83. The molecule has 0 saturated heterocycles. The number of rotatable bonds is 4. The van der Waals surface area contributed by atoms with Crippen LogP contribution < -0.4 is 0 Å². The molecule has 0 unspecified atom stereocenters. The van der Waals surface area contributed by atoms with E-state index in [1.807, 2.05) is 39.1 Å². The minimum absolute atomic E-state index is 0.982. The number of hydrogen-bond donors (Lipinski definition) is 0. The van der Waals surface area contributed by atoms with E-state index in [1.54, 1.807) is 0 Å². The molecule has 0 aliphatic heterocycles. The maximum atomic E-state index is 4.23. The van der Waals surface area contributed by atoms with Gasteiger partial charge in [0.25, 0.3) is 0 Å². The Morgan fingerprint density at radius 3 is 2.31 bits per heavy atom. The van der Waals surface area contributed by atoms with Crippen LogP contribution in [0.2, 0.25) is 0 Å². The number of nitrogens with zero attached hydrogens (tertiary/aromatic N) is 1. The fraction of sp³-hybridized carbons (Fsp3) is 0.417. The molecule has 0 rings (SSSR count). The highest BCUT2D eigenvalue weighted by molar-refractivity contribution is 6.02. The van der Waals surface area contributed by atoms with Gasteiger partial charge < -0.3 is 0 Å². The maximum absolute atomic E-state index is 4.23. The van der Waals surface area contributed by atoms with Crippen LogP contribution in [0.4, 0.5) is 0 Å². The molecule has 0 aliphatic rings. The van der Waals surface area contributed by atoms with Gasteiger partial charge in [0.2, 0.25) is 0 Å². The molecule has 0 bridgehead atoms. The Balaban J connectivity index is 4.54. The second-order valence-electron chi connectivity index (χ2n) is 2.65. The summed E-state index contributed by atoms with van der Waals surface area (Å²) >= 11 is 0. The van der Waals surface area contributed by atoms with E-state index in [1.165, 1.54) is 5.57 Å². The molecule has 0 aromatic heterocycles. The van der Waals surface area contributed by atoms with Crippen LogP contribution in [0.1, 0.15) is 27.2 Å². The van der Waals surface area contributed by atoms with Crippen molar-refractivity contribution >= 4 is 5.71 Å². The van der Waals surface area contributed by atoms with Crippen molar-refractivity contribution in [2.45, 2.75) is 27.2 Å². The van der Waals surface area contributed by atoms with Crippen molar-refractivity contribution < 1.29 is 0 Å². The molecule has 0 atom stereocenters. The van der Waals surface area contributed by atoms with E-state index in [9.17, 15) is 0 Å². The molecular weight excluding hydrogens is 158 g/mol. The highest BCUT2D eigenvalue weighted by atomic mass is 14.7. The average molecular weight is 177 g/mol. The first kappa shape index (κ1) is 11.9. The fourth-order valence-electron chi connectivity index (χ4n) is 1.12. The third kappa shape index (κ3) is 4.46. The summed E-state index contributed by atoms with van der Waals surface area (Å²) in [6.45, 7) is 6.17. The maximum Gasteiger partial charge on any atom is 0.0411 e. The van der Waals surface area contributed by atoms with Gasteiger partial charge in [0.15, 0.2) is 0 Å². The van der Waals surface area contributed by atoms with Gasteiger partial charge in [0.05, 0.1) is 0 Å². The van der Waals surface area contributed by atoms with Crippen LogP contribution in [0.15, 0.2) is 40.9 Å². The monoisotopic (exact) mass is 177 g/mol. The zero-order valence-corrected chi connectivity index (χ0v) is 9.04. The number of hydrogen-bond acceptors (Lipinski definition) is 1. The minimum atomic E-state index is 0.982. The van der Waals surface area contributed by atoms with Gasteiger partial charge in [-0.25, -0.2) is 0 Å². The highest BCUT2D eigenvalue weighted by Gasteiger charge is 1.97. The summed E-state index contributed by atoms with van der Waals surface area (Å²) in [7, 11) is 1.84. The van der Waals surface area contributed by atoms with Crippen LogP contribution in [0.25, 0.3) is 0 Å². The van der Waals surface area contributed by atoms with Crippen LogP contribution >= 0.6 is 0 Å². The van der Waals surface area contributed by atoms with Gasteiger partial charge in [-0.1, -0.05) is 37.3 Å². The van der Waals surface area contributed by atoms with Crippen LogP contribution in [-0.2, 0) is 0 Å². The molecule has 0 radical (unpaired) electrons. The Bertz CT molecular complexity index is 242. The van der Waals surface area contributed by atoms with E-state index < -0.39 is 0 Å². The first-order chi connectivity index (χ1) is 6.29. The SMILES string of the molecule is C\C=C/C=C\C(=C/C)C(\CC)=N\C. The largest absolute Gasteiger partial charge is 0.292 e. The molecule has 0 heterocycles. The average Bonchev–Trinajstić information content (AvgIpc) is 2.17. The van der Waals surface area contributed by atoms with Crippen LogP contribution in [-0.4, -0.2) is 12.8 Å². The fourth-order valence-corrected chi connectivity index (χ4v) is 1.12. The summed E-state index contributed by atoms with van der Waals surface area (Å²) in [5.74, 6) is 0. The summed E-state index contributed by atoms with van der Waals surface area (Å²) in [6, 6.07) is 0. The Hall–Kier alpha value is -1.11. The summed E-state index contributed by atoms with van der Waals surface area (Å²) in [4.78, 5) is 4.23. The topological polar surface area (TPSA) is 12.4 Å². The van der Waals surface area contributed by atoms with Gasteiger partial charge in [0.1, 0.15) is 0 Å². The van der Waals surface area contributed by atoms with Crippen molar-refractivity contribution in [1.29, 1.82) is 0 Å². The van der Waals surface area contributed by atoms with Gasteiger partial charge in [-0.05, 0) is 25.8 Å². The number of aliphatic imine (C=N–C) groups is 1. The van der Waals surface area contributed by atoms with Crippen molar-refractivity contribution in [1.82, 2.24) is 0 Å². The lowest BCUT2D eigenvalue weighted by atomic mass is 10.1. The Morgan fingerprint density at radius 1 is 1.23 bits per heavy atom. The second kappa shape index (κ2) is 7.53. The molecule has 0 aromatic carbocycles. The Morgan fingerprint density at radius 2 is 1.92 bits per heavy atom. The highest BCUT2D eigenvalue weighted by Crippen LogP contribution is 2.04. The molecule has 0 aromatic rings. The van der Waals surface area contributed by atoms with Crippen molar-refractivity contribution in [2.75, 3.05) is 7.05 Å². The molecule has 1 nitrogen and oxygen atoms in total. The lowest BCUT2D eigenvalue weighted by Gasteiger charge is -2.01. The molecule has 0 fully saturated rings. The van der Waals surface area contributed by atoms with Crippen molar-refractivity contribution in [3.8, 4) is 0 Å². The van der Waals surface area contributed by atoms with Crippen LogP contribution in [0.3, 0.4) is 0 Å². The molecule has 0 amide bonds. The lowest BCUT2D eigenvalue weighted by Crippen LogP contribution is -1.98. The quantitative estimate of drug-likeness (QED) is 0.460. The van der Waals surface area contributed by atoms with E-state index in [0.717, 1.165) is 12.1 Å². The van der Waals surface area contributed by atoms with Gasteiger partial charge in [-0.3, -0.25) is 4.99 Å². The zero-order valence-electron chi connectivity index (χ0n) is 9.04. The molecule has 0 N–H and O–H groups in total. The van der Waals surface area contributed by atoms with Crippen molar-refractivity contribution in [3.05, 3.63) is 36.0 Å². The first-order valence-corrected chi connectivity index (χ1v) is 4.71. The summed E-state index contributed by atoms with van der Waals surface area (Å²) in [6.07, 6.45) is 11.2. The number of allylic oxidation sites excluding steroid dienone is 6. The summed E-state index contributed by atoms with van der Waals surface area (Å²) in [5.41, 5.74) is 2.37. The van der Waals surface area contributed by atoms with E-state index in [2.05, 4.69) is 24.1 Å². The third-order valence-corrected chi connectivity index (χ3v) is 1.83. The summed E-state index contributed by atoms with van der Waals surface area (Å²) < 4.78 is 0. The van der Waals surface area contributed by atoms with E-state index >= 15 is 0 Å². The van der Waals surface area contributed by atoms with Crippen LogP contribution in [0, 0.1) is 0 Å². The molecule has 13 heavy (non-hydrogen) atoms. The molecule has 0 saturated carbocycles. The van der Waals surface area contributed by atoms with Gasteiger partial charge in [-0.2, -0.15) is 0 Å². The van der Waals surface area contributed by atoms with Crippen LogP contribution in [0.5, 0.6) is 0 Å². The van der Waals surface area contributed by atoms with E-state index in [-0.39, 0.29) is 0 Å². The molecule has 72 valence electrons. The molecule has 1 heteroatoms. The Kier molecular flexibility index (Phi) is 6.89. The first-order valence-electron chi connectivity index (χ1n) is 4.71. The van der Waals surface area contributed by atoms with Crippen molar-refractivity contribution in [2.24, 2.45) is 4.99 Å². The van der Waals surface area contributed by atoms with Gasteiger partial charge in [-0.15, -0.1) is 0 Å². The smallest absolute Gasteiger partial charge is 0.0411 e. The molecular formula is C12H19N.